The first-order valence-corrected chi connectivity index (χ1v) is 15.1. The molecule has 202 valence electrons. The Kier molecular flexibility index (Phi) is 7.88. The van der Waals surface area contributed by atoms with Crippen LogP contribution in [-0.2, 0) is 26.0 Å². The van der Waals surface area contributed by atoms with E-state index in [0.29, 0.717) is 16.5 Å². The van der Waals surface area contributed by atoms with Crippen LogP contribution in [0.15, 0.2) is 88.8 Å². The molecule has 1 aliphatic heterocycles. The van der Waals surface area contributed by atoms with Gasteiger partial charge in [-0.2, -0.15) is 0 Å². The van der Waals surface area contributed by atoms with Crippen molar-refractivity contribution in [3.8, 4) is 0 Å². The van der Waals surface area contributed by atoms with E-state index in [-0.39, 0.29) is 29.2 Å². The van der Waals surface area contributed by atoms with Gasteiger partial charge in [0, 0.05) is 26.2 Å². The van der Waals surface area contributed by atoms with Crippen LogP contribution in [0.2, 0.25) is 0 Å². The predicted octanol–water partition coefficient (Wildman–Crippen LogP) is 4.97. The second-order valence-corrected chi connectivity index (χ2v) is 13.0. The minimum atomic E-state index is -3.65. The van der Waals surface area contributed by atoms with Gasteiger partial charge in [-0.25, -0.2) is 17.7 Å². The zero-order chi connectivity index (χ0) is 27.6. The van der Waals surface area contributed by atoms with E-state index in [1.165, 1.54) is 43.6 Å². The summed E-state index contributed by atoms with van der Waals surface area (Å²) in [4.78, 5) is 33.4. The first kappa shape index (κ1) is 27.1. The lowest BCUT2D eigenvalue weighted by Crippen LogP contribution is -2.38. The van der Waals surface area contributed by atoms with Crippen molar-refractivity contribution in [2.45, 2.75) is 41.9 Å². The Morgan fingerprint density at radius 1 is 1.05 bits per heavy atom. The lowest BCUT2D eigenvalue weighted by molar-refractivity contribution is -0.129. The molecule has 39 heavy (non-hydrogen) atoms. The lowest BCUT2D eigenvalue weighted by atomic mass is 9.87. The normalized spacial score (nSPS) is 20.3. The highest BCUT2D eigenvalue weighted by atomic mass is 32.2. The average molecular weight is 563 g/mol. The molecule has 3 aromatic carbocycles. The van der Waals surface area contributed by atoms with E-state index >= 15 is 0 Å². The van der Waals surface area contributed by atoms with Gasteiger partial charge in [-0.1, -0.05) is 60.3 Å². The van der Waals surface area contributed by atoms with E-state index in [2.05, 4.69) is 17.4 Å². The molecule has 1 saturated heterocycles. The van der Waals surface area contributed by atoms with Crippen molar-refractivity contribution < 1.29 is 18.0 Å². The van der Waals surface area contributed by atoms with Crippen LogP contribution in [0.5, 0.6) is 0 Å². The minimum Gasteiger partial charge on any atom is -0.326 e. The number of hydrogen-bond acceptors (Lipinski definition) is 6. The molecule has 2 atom stereocenters. The molecule has 0 bridgehead atoms. The highest BCUT2D eigenvalue weighted by Crippen LogP contribution is 2.42. The fraction of sp³-hybridized carbons (Fsp3) is 0.276. The van der Waals surface area contributed by atoms with Crippen LogP contribution in [0, 0.1) is 0 Å². The van der Waals surface area contributed by atoms with E-state index in [4.69, 9.17) is 4.99 Å². The molecule has 0 radical (unpaired) electrons. The summed E-state index contributed by atoms with van der Waals surface area (Å²) in [7, 11) is -0.693. The molecule has 1 N–H and O–H groups in total. The van der Waals surface area contributed by atoms with Crippen LogP contribution in [0.3, 0.4) is 0 Å². The number of sulfonamides is 1. The van der Waals surface area contributed by atoms with E-state index in [1.54, 1.807) is 29.2 Å². The smallest absolute Gasteiger partial charge is 0.243 e. The van der Waals surface area contributed by atoms with Gasteiger partial charge in [-0.05, 0) is 60.7 Å². The summed E-state index contributed by atoms with van der Waals surface area (Å²) >= 11 is 1.25. The first-order valence-electron chi connectivity index (χ1n) is 12.8. The van der Waals surface area contributed by atoms with E-state index in [9.17, 15) is 18.0 Å². The number of nitrogens with one attached hydrogen (secondary N) is 1. The molecule has 0 unspecified atom stereocenters. The topological polar surface area (TPSA) is 99.1 Å². The fourth-order valence-corrected chi connectivity index (χ4v) is 7.05. The van der Waals surface area contributed by atoms with E-state index < -0.39 is 15.3 Å². The molecule has 10 heteroatoms. The Labute approximate surface area is 233 Å². The van der Waals surface area contributed by atoms with Gasteiger partial charge in [0.1, 0.15) is 5.25 Å². The Balaban J connectivity index is 1.49. The molecule has 0 saturated carbocycles. The summed E-state index contributed by atoms with van der Waals surface area (Å²) in [5.74, 6) is -0.419. The number of amides is 2. The van der Waals surface area contributed by atoms with Crippen LogP contribution in [0.4, 0.5) is 11.4 Å². The number of nitrogens with zero attached hydrogens (tertiary/aromatic N) is 3. The highest BCUT2D eigenvalue weighted by molar-refractivity contribution is 8.15. The van der Waals surface area contributed by atoms with Crippen molar-refractivity contribution in [1.82, 2.24) is 9.21 Å². The number of aliphatic imine (C=N–C) groups is 1. The average Bonchev–Trinajstić information content (AvgIpc) is 3.22. The number of thioether (sulfide) groups is 1. The molecule has 1 fully saturated rings. The second-order valence-electron chi connectivity index (χ2n) is 9.72. The van der Waals surface area contributed by atoms with Gasteiger partial charge < -0.3 is 5.32 Å². The number of benzene rings is 3. The molecule has 1 heterocycles. The number of carbonyl (C=O) groups is 2. The number of amidine groups is 1. The van der Waals surface area contributed by atoms with Crippen molar-refractivity contribution in [2.75, 3.05) is 19.4 Å². The highest BCUT2D eigenvalue weighted by Gasteiger charge is 2.44. The molecule has 2 aliphatic rings. The summed E-state index contributed by atoms with van der Waals surface area (Å²) in [5, 5.41) is 2.69. The van der Waals surface area contributed by atoms with Crippen molar-refractivity contribution >= 4 is 50.1 Å². The van der Waals surface area contributed by atoms with Crippen LogP contribution >= 0.6 is 11.8 Å². The first-order chi connectivity index (χ1) is 18.7. The number of rotatable bonds is 7. The Morgan fingerprint density at radius 2 is 1.79 bits per heavy atom. The maximum Gasteiger partial charge on any atom is 0.243 e. The molecule has 2 amide bonds. The largest absolute Gasteiger partial charge is 0.326 e. The molecule has 3 aromatic rings. The van der Waals surface area contributed by atoms with Gasteiger partial charge in [0.15, 0.2) is 5.17 Å². The third-order valence-corrected chi connectivity index (χ3v) is 9.83. The van der Waals surface area contributed by atoms with Crippen molar-refractivity contribution in [2.24, 2.45) is 4.99 Å². The summed E-state index contributed by atoms with van der Waals surface area (Å²) in [5.41, 5.74) is 3.39. The van der Waals surface area contributed by atoms with Gasteiger partial charge in [-0.3, -0.25) is 14.5 Å². The van der Waals surface area contributed by atoms with Crippen LogP contribution < -0.4 is 5.32 Å². The summed E-state index contributed by atoms with van der Waals surface area (Å²) in [6.45, 7) is 0. The van der Waals surface area contributed by atoms with E-state index in [1.807, 2.05) is 30.3 Å². The van der Waals surface area contributed by atoms with E-state index in [0.717, 1.165) is 29.1 Å². The fourth-order valence-electron chi connectivity index (χ4n) is 4.91. The second kappa shape index (κ2) is 11.3. The SMILES string of the molecule is CN(C)S(=O)(=O)c1cccc(N=C2S[C@H](CC(=O)Nc3ccccc3)C(=O)N2[C@@H]2CCCc3ccccc32)c1. The van der Waals surface area contributed by atoms with Crippen molar-refractivity contribution in [1.29, 1.82) is 0 Å². The van der Waals surface area contributed by atoms with Gasteiger partial charge in [0.2, 0.25) is 21.8 Å². The minimum absolute atomic E-state index is 0.00265. The third-order valence-electron chi connectivity index (χ3n) is 6.87. The Bertz CT molecular complexity index is 1520. The van der Waals surface area contributed by atoms with Gasteiger partial charge in [-0.15, -0.1) is 0 Å². The predicted molar refractivity (Wildman–Crippen MR) is 154 cm³/mol. The number of carbonyl (C=O) groups excluding carboxylic acids is 2. The van der Waals surface area contributed by atoms with Crippen LogP contribution in [0.25, 0.3) is 0 Å². The zero-order valence-electron chi connectivity index (χ0n) is 21.8. The lowest BCUT2D eigenvalue weighted by Gasteiger charge is -2.33. The molecule has 5 rings (SSSR count). The summed E-state index contributed by atoms with van der Waals surface area (Å²) in [6, 6.07) is 23.4. The maximum absolute atomic E-state index is 13.9. The number of fused-ring (bicyclic) bond motifs is 1. The van der Waals surface area contributed by atoms with Crippen LogP contribution in [-0.4, -0.2) is 54.0 Å². The molecule has 0 spiro atoms. The third kappa shape index (κ3) is 5.78. The Hall–Kier alpha value is -3.47. The quantitative estimate of drug-likeness (QED) is 0.438. The van der Waals surface area contributed by atoms with Gasteiger partial charge in [0.25, 0.3) is 0 Å². The van der Waals surface area contributed by atoms with Gasteiger partial charge in [0.05, 0.1) is 16.6 Å². The van der Waals surface area contributed by atoms with Gasteiger partial charge >= 0.3 is 0 Å². The molecule has 0 aromatic heterocycles. The number of hydrogen-bond donors (Lipinski definition) is 1. The number of aryl methyl sites for hydroxylation is 1. The molecular formula is C29H30N4O4S2. The summed E-state index contributed by atoms with van der Waals surface area (Å²) < 4.78 is 26.6. The number of para-hydroxylation sites is 1. The van der Waals surface area contributed by atoms with Crippen LogP contribution in [0.1, 0.15) is 36.4 Å². The number of anilines is 1. The van der Waals surface area contributed by atoms with Crippen molar-refractivity contribution in [3.05, 3.63) is 90.0 Å². The summed E-state index contributed by atoms with van der Waals surface area (Å²) in [6.07, 6.45) is 2.65. The molecule has 1 aliphatic carbocycles. The standard InChI is InChI=1S/C29H30N4O4S2/c1-32(2)39(36,37)23-15-9-14-22(18-23)31-29-33(25-17-8-11-20-10-6-7-16-24(20)25)28(35)26(38-29)19-27(34)30-21-12-4-3-5-13-21/h3-7,9-10,12-16,18,25-26H,8,11,17,19H2,1-2H3,(H,30,34)/t25-,26-/m1/s1. The monoisotopic (exact) mass is 562 g/mol. The Morgan fingerprint density at radius 3 is 2.56 bits per heavy atom. The molecule has 8 nitrogen and oxygen atoms in total. The zero-order valence-corrected chi connectivity index (χ0v) is 23.4. The van der Waals surface area contributed by atoms with Crippen molar-refractivity contribution in [3.63, 3.8) is 0 Å². The maximum atomic E-state index is 13.9. The molecular weight excluding hydrogens is 532 g/mol.